The maximum absolute atomic E-state index is 10.5. The summed E-state index contributed by atoms with van der Waals surface area (Å²) in [5.41, 5.74) is 5.66. The minimum atomic E-state index is -0.424. The Morgan fingerprint density at radius 1 is 1.62 bits per heavy atom. The molecule has 0 radical (unpaired) electrons. The molecular weight excluding hydrogens is 228 g/mol. The number of thiazole rings is 1. The summed E-state index contributed by atoms with van der Waals surface area (Å²) in [7, 11) is 0. The minimum absolute atomic E-state index is 0.0627. The lowest BCUT2D eigenvalue weighted by Gasteiger charge is -2.28. The van der Waals surface area contributed by atoms with E-state index in [1.54, 1.807) is 0 Å². The molecule has 0 atom stereocenters. The number of nitrogens with two attached hydrogens (primary N) is 1. The van der Waals surface area contributed by atoms with Gasteiger partial charge in [-0.15, -0.1) is 0 Å². The summed E-state index contributed by atoms with van der Waals surface area (Å²) >= 11 is 1.06. The largest absolute Gasteiger partial charge is 0.355 e. The molecule has 0 saturated heterocycles. The Labute approximate surface area is 97.0 Å². The SMILES string of the molecule is NCC1(Nc2ncc([N+](=O)[O-])s2)CCCC1. The van der Waals surface area contributed by atoms with Gasteiger partial charge in [-0.25, -0.2) is 4.98 Å². The van der Waals surface area contributed by atoms with Gasteiger partial charge in [0.15, 0.2) is 5.13 Å². The van der Waals surface area contributed by atoms with Crippen LogP contribution >= 0.6 is 11.3 Å². The summed E-state index contributed by atoms with van der Waals surface area (Å²) in [5, 5.41) is 14.4. The normalized spacial score (nSPS) is 18.6. The van der Waals surface area contributed by atoms with Crippen LogP contribution in [0.2, 0.25) is 0 Å². The Morgan fingerprint density at radius 2 is 2.31 bits per heavy atom. The van der Waals surface area contributed by atoms with Crippen LogP contribution in [-0.4, -0.2) is 22.0 Å². The maximum atomic E-state index is 10.5. The average Bonchev–Trinajstić information content (AvgIpc) is 2.88. The molecule has 7 heteroatoms. The first-order chi connectivity index (χ1) is 7.65. The van der Waals surface area contributed by atoms with Gasteiger partial charge in [-0.2, -0.15) is 0 Å². The van der Waals surface area contributed by atoms with E-state index in [0.717, 1.165) is 37.0 Å². The van der Waals surface area contributed by atoms with Gasteiger partial charge >= 0.3 is 5.00 Å². The van der Waals surface area contributed by atoms with Gasteiger partial charge in [-0.3, -0.25) is 10.1 Å². The second kappa shape index (κ2) is 4.34. The Balaban J connectivity index is 2.10. The Bertz CT molecular complexity index is 387. The third kappa shape index (κ3) is 2.14. The zero-order valence-electron chi connectivity index (χ0n) is 8.81. The van der Waals surface area contributed by atoms with Gasteiger partial charge in [0, 0.05) is 6.54 Å². The minimum Gasteiger partial charge on any atom is -0.355 e. The topological polar surface area (TPSA) is 94.1 Å². The Hall–Kier alpha value is -1.21. The van der Waals surface area contributed by atoms with Crippen LogP contribution in [0.3, 0.4) is 0 Å². The number of nitrogens with zero attached hydrogens (tertiary/aromatic N) is 2. The van der Waals surface area contributed by atoms with Crippen molar-refractivity contribution in [2.75, 3.05) is 11.9 Å². The highest BCUT2D eigenvalue weighted by Gasteiger charge is 2.33. The Kier molecular flexibility index (Phi) is 3.06. The molecule has 88 valence electrons. The van der Waals surface area contributed by atoms with Gasteiger partial charge in [0.05, 0.1) is 10.5 Å². The first-order valence-electron chi connectivity index (χ1n) is 5.24. The standard InChI is InChI=1S/C9H14N4O2S/c10-6-9(3-1-2-4-9)12-8-11-5-7(16-8)13(14)15/h5H,1-4,6,10H2,(H,11,12). The molecule has 1 heterocycles. The van der Waals surface area contributed by atoms with Crippen molar-refractivity contribution in [3.8, 4) is 0 Å². The van der Waals surface area contributed by atoms with Crippen molar-refractivity contribution in [3.63, 3.8) is 0 Å². The summed E-state index contributed by atoms with van der Waals surface area (Å²) in [6.07, 6.45) is 5.61. The van der Waals surface area contributed by atoms with Crippen molar-refractivity contribution < 1.29 is 4.92 Å². The molecule has 0 aliphatic heterocycles. The number of aromatic nitrogens is 1. The van der Waals surface area contributed by atoms with Gasteiger partial charge < -0.3 is 11.1 Å². The molecule has 0 amide bonds. The summed E-state index contributed by atoms with van der Waals surface area (Å²) < 4.78 is 0. The van der Waals surface area contributed by atoms with E-state index in [9.17, 15) is 10.1 Å². The van der Waals surface area contributed by atoms with E-state index in [1.165, 1.54) is 6.20 Å². The highest BCUT2D eigenvalue weighted by atomic mass is 32.1. The number of hydrogen-bond donors (Lipinski definition) is 2. The van der Waals surface area contributed by atoms with Crippen LogP contribution < -0.4 is 11.1 Å². The average molecular weight is 242 g/mol. The molecule has 0 bridgehead atoms. The molecule has 16 heavy (non-hydrogen) atoms. The first kappa shape index (κ1) is 11.3. The summed E-state index contributed by atoms with van der Waals surface area (Å²) in [4.78, 5) is 14.1. The van der Waals surface area contributed by atoms with E-state index >= 15 is 0 Å². The van der Waals surface area contributed by atoms with Crippen LogP contribution in [0.15, 0.2) is 6.20 Å². The smallest absolute Gasteiger partial charge is 0.345 e. The van der Waals surface area contributed by atoms with Gasteiger partial charge in [-0.05, 0) is 24.2 Å². The van der Waals surface area contributed by atoms with Gasteiger partial charge in [0.1, 0.15) is 6.20 Å². The van der Waals surface area contributed by atoms with Crippen LogP contribution in [0.4, 0.5) is 10.1 Å². The number of anilines is 1. The number of rotatable bonds is 4. The quantitative estimate of drug-likeness (QED) is 0.619. The molecule has 2 rings (SSSR count). The number of nitro groups is 1. The number of nitrogens with one attached hydrogen (secondary N) is 1. The van der Waals surface area contributed by atoms with E-state index in [0.29, 0.717) is 11.7 Å². The summed E-state index contributed by atoms with van der Waals surface area (Å²) in [6.45, 7) is 0.542. The molecule has 0 aromatic carbocycles. The van der Waals surface area contributed by atoms with E-state index in [1.807, 2.05) is 0 Å². The van der Waals surface area contributed by atoms with Gasteiger partial charge in [-0.1, -0.05) is 12.8 Å². The molecule has 6 nitrogen and oxygen atoms in total. The third-order valence-electron chi connectivity index (χ3n) is 3.00. The van der Waals surface area contributed by atoms with Crippen LogP contribution in [-0.2, 0) is 0 Å². The van der Waals surface area contributed by atoms with Crippen molar-refractivity contribution in [1.82, 2.24) is 4.98 Å². The molecule has 1 aliphatic carbocycles. The molecule has 1 aromatic heterocycles. The van der Waals surface area contributed by atoms with Crippen LogP contribution in [0, 0.1) is 10.1 Å². The second-order valence-corrected chi connectivity index (χ2v) is 5.09. The van der Waals surface area contributed by atoms with Crippen molar-refractivity contribution >= 4 is 21.5 Å². The van der Waals surface area contributed by atoms with Crippen LogP contribution in [0.5, 0.6) is 0 Å². The predicted octanol–water partition coefficient (Wildman–Crippen LogP) is 1.73. The lowest BCUT2D eigenvalue weighted by atomic mass is 9.98. The molecule has 0 unspecified atom stereocenters. The van der Waals surface area contributed by atoms with Crippen molar-refractivity contribution in [3.05, 3.63) is 16.3 Å². The lowest BCUT2D eigenvalue weighted by molar-refractivity contribution is -0.380. The van der Waals surface area contributed by atoms with Crippen molar-refractivity contribution in [1.29, 1.82) is 0 Å². The molecule has 1 aromatic rings. The maximum Gasteiger partial charge on any atom is 0.345 e. The van der Waals surface area contributed by atoms with Crippen LogP contribution in [0.25, 0.3) is 0 Å². The molecule has 3 N–H and O–H groups in total. The zero-order chi connectivity index (χ0) is 11.6. The Morgan fingerprint density at radius 3 is 2.81 bits per heavy atom. The fourth-order valence-corrected chi connectivity index (χ4v) is 2.82. The fourth-order valence-electron chi connectivity index (χ4n) is 2.07. The summed E-state index contributed by atoms with van der Waals surface area (Å²) in [6, 6.07) is 0. The van der Waals surface area contributed by atoms with E-state index < -0.39 is 4.92 Å². The first-order valence-corrected chi connectivity index (χ1v) is 6.05. The molecule has 1 fully saturated rings. The second-order valence-electron chi connectivity index (χ2n) is 4.08. The van der Waals surface area contributed by atoms with Crippen molar-refractivity contribution in [2.24, 2.45) is 5.73 Å². The van der Waals surface area contributed by atoms with Gasteiger partial charge in [0.2, 0.25) is 0 Å². The zero-order valence-corrected chi connectivity index (χ0v) is 9.63. The highest BCUT2D eigenvalue weighted by Crippen LogP contribution is 2.34. The molecule has 0 spiro atoms. The monoisotopic (exact) mass is 242 g/mol. The molecule has 1 saturated carbocycles. The van der Waals surface area contributed by atoms with E-state index in [2.05, 4.69) is 10.3 Å². The summed E-state index contributed by atoms with van der Waals surface area (Å²) in [5.74, 6) is 0. The lowest BCUT2D eigenvalue weighted by Crippen LogP contribution is -2.42. The van der Waals surface area contributed by atoms with Crippen molar-refractivity contribution in [2.45, 2.75) is 31.2 Å². The molecular formula is C9H14N4O2S. The predicted molar refractivity (Wildman–Crippen MR) is 62.6 cm³/mol. The fraction of sp³-hybridized carbons (Fsp3) is 0.667. The van der Waals surface area contributed by atoms with Gasteiger partial charge in [0.25, 0.3) is 0 Å². The van der Waals surface area contributed by atoms with E-state index in [4.69, 9.17) is 5.73 Å². The van der Waals surface area contributed by atoms with E-state index in [-0.39, 0.29) is 10.5 Å². The molecule has 1 aliphatic rings. The third-order valence-corrected chi connectivity index (χ3v) is 3.86. The number of hydrogen-bond acceptors (Lipinski definition) is 6. The highest BCUT2D eigenvalue weighted by molar-refractivity contribution is 7.18. The van der Waals surface area contributed by atoms with Crippen LogP contribution in [0.1, 0.15) is 25.7 Å².